The van der Waals surface area contributed by atoms with E-state index < -0.39 is 0 Å². The minimum Gasteiger partial charge on any atom is -0.381 e. The second-order valence-corrected chi connectivity index (χ2v) is 7.42. The van der Waals surface area contributed by atoms with E-state index in [4.69, 9.17) is 4.74 Å². The number of hydrogen-bond donors (Lipinski definition) is 1. The van der Waals surface area contributed by atoms with E-state index in [0.29, 0.717) is 32.2 Å². The van der Waals surface area contributed by atoms with Crippen LogP contribution in [0, 0.1) is 11.7 Å². The van der Waals surface area contributed by atoms with Gasteiger partial charge in [0, 0.05) is 45.4 Å². The maximum atomic E-state index is 13.0. The summed E-state index contributed by atoms with van der Waals surface area (Å²) >= 11 is 0. The van der Waals surface area contributed by atoms with E-state index >= 15 is 0 Å². The van der Waals surface area contributed by atoms with Crippen LogP contribution < -0.4 is 10.2 Å². The molecule has 1 unspecified atom stereocenters. The lowest BCUT2D eigenvalue weighted by Crippen LogP contribution is -2.57. The van der Waals surface area contributed by atoms with Crippen molar-refractivity contribution in [1.29, 1.82) is 0 Å². The molecule has 0 radical (unpaired) electrons. The number of aromatic nitrogens is 1. The molecule has 1 amide bonds. The Morgan fingerprint density at radius 3 is 2.50 bits per heavy atom. The third kappa shape index (κ3) is 4.71. The number of piperazine rings is 1. The summed E-state index contributed by atoms with van der Waals surface area (Å²) in [6.07, 6.45) is 3.15. The van der Waals surface area contributed by atoms with Crippen LogP contribution in [0.2, 0.25) is 0 Å². The van der Waals surface area contributed by atoms with Crippen LogP contribution in [0.25, 0.3) is 0 Å². The molecular weight excluding hydrogens is 335 g/mol. The SMILES string of the molecule is CC(C)C(NC1CCOCC1)C(=O)N1CCN(c2ccc(F)cn2)CC1. The summed E-state index contributed by atoms with van der Waals surface area (Å²) in [7, 11) is 0. The highest BCUT2D eigenvalue weighted by molar-refractivity contribution is 5.82. The van der Waals surface area contributed by atoms with Crippen molar-refractivity contribution in [2.75, 3.05) is 44.3 Å². The summed E-state index contributed by atoms with van der Waals surface area (Å²) in [5, 5.41) is 3.56. The first kappa shape index (κ1) is 19.0. The van der Waals surface area contributed by atoms with Crippen LogP contribution in [0.15, 0.2) is 18.3 Å². The monoisotopic (exact) mass is 364 g/mol. The third-order valence-electron chi connectivity index (χ3n) is 5.20. The smallest absolute Gasteiger partial charge is 0.240 e. The molecule has 7 heteroatoms. The first-order chi connectivity index (χ1) is 12.5. The molecule has 1 N–H and O–H groups in total. The second-order valence-electron chi connectivity index (χ2n) is 7.42. The lowest BCUT2D eigenvalue weighted by molar-refractivity contribution is -0.135. The van der Waals surface area contributed by atoms with Gasteiger partial charge in [-0.05, 0) is 30.9 Å². The van der Waals surface area contributed by atoms with E-state index in [-0.39, 0.29) is 23.7 Å². The number of carbonyl (C=O) groups excluding carboxylic acids is 1. The topological polar surface area (TPSA) is 57.7 Å². The van der Waals surface area contributed by atoms with Crippen LogP contribution in [-0.2, 0) is 9.53 Å². The van der Waals surface area contributed by atoms with Crippen LogP contribution in [-0.4, -0.2) is 67.3 Å². The molecule has 1 aromatic rings. The summed E-state index contributed by atoms with van der Waals surface area (Å²) in [6.45, 7) is 8.47. The maximum Gasteiger partial charge on any atom is 0.240 e. The predicted octanol–water partition coefficient (Wildman–Crippen LogP) is 1.66. The number of ether oxygens (including phenoxy) is 1. The van der Waals surface area contributed by atoms with Crippen LogP contribution >= 0.6 is 0 Å². The van der Waals surface area contributed by atoms with Crippen molar-refractivity contribution in [3.63, 3.8) is 0 Å². The molecule has 6 nitrogen and oxygen atoms in total. The largest absolute Gasteiger partial charge is 0.381 e. The molecule has 2 saturated heterocycles. The fourth-order valence-corrected chi connectivity index (χ4v) is 3.57. The molecule has 2 aliphatic heterocycles. The summed E-state index contributed by atoms with van der Waals surface area (Å²) in [4.78, 5) is 21.2. The lowest BCUT2D eigenvalue weighted by atomic mass is 9.99. The third-order valence-corrected chi connectivity index (χ3v) is 5.20. The molecule has 1 aromatic heterocycles. The Balaban J connectivity index is 1.56. The highest BCUT2D eigenvalue weighted by Gasteiger charge is 2.31. The fraction of sp³-hybridized carbons (Fsp3) is 0.684. The molecule has 3 heterocycles. The quantitative estimate of drug-likeness (QED) is 0.861. The van der Waals surface area contributed by atoms with Crippen LogP contribution in [0.4, 0.5) is 10.2 Å². The molecule has 0 spiro atoms. The van der Waals surface area contributed by atoms with Gasteiger partial charge in [-0.3, -0.25) is 4.79 Å². The molecule has 3 rings (SSSR count). The average Bonchev–Trinajstić information content (AvgIpc) is 2.67. The van der Waals surface area contributed by atoms with Gasteiger partial charge < -0.3 is 19.9 Å². The summed E-state index contributed by atoms with van der Waals surface area (Å²) < 4.78 is 18.4. The van der Waals surface area contributed by atoms with Crippen molar-refractivity contribution >= 4 is 11.7 Å². The van der Waals surface area contributed by atoms with Crippen LogP contribution in [0.3, 0.4) is 0 Å². The molecule has 0 aliphatic carbocycles. The number of rotatable bonds is 5. The highest BCUT2D eigenvalue weighted by atomic mass is 19.1. The van der Waals surface area contributed by atoms with Gasteiger partial charge in [-0.15, -0.1) is 0 Å². The number of carbonyl (C=O) groups is 1. The van der Waals surface area contributed by atoms with Gasteiger partial charge in [-0.1, -0.05) is 13.8 Å². The molecule has 0 bridgehead atoms. The zero-order valence-corrected chi connectivity index (χ0v) is 15.7. The van der Waals surface area contributed by atoms with Gasteiger partial charge in [0.05, 0.1) is 12.2 Å². The van der Waals surface area contributed by atoms with Gasteiger partial charge in [0.1, 0.15) is 11.6 Å². The Bertz CT molecular complexity index is 582. The van der Waals surface area contributed by atoms with Crippen LogP contribution in [0.5, 0.6) is 0 Å². The molecular formula is C19H29FN4O2. The van der Waals surface area contributed by atoms with Crippen molar-refractivity contribution in [3.8, 4) is 0 Å². The summed E-state index contributed by atoms with van der Waals surface area (Å²) in [5.74, 6) is 0.848. The summed E-state index contributed by atoms with van der Waals surface area (Å²) in [6, 6.07) is 3.31. The lowest BCUT2D eigenvalue weighted by Gasteiger charge is -2.39. The Morgan fingerprint density at radius 2 is 1.92 bits per heavy atom. The molecule has 26 heavy (non-hydrogen) atoms. The number of nitrogens with one attached hydrogen (secondary N) is 1. The van der Waals surface area contributed by atoms with Crippen LogP contribution in [0.1, 0.15) is 26.7 Å². The van der Waals surface area contributed by atoms with Crippen molar-refractivity contribution in [2.45, 2.75) is 38.8 Å². The maximum absolute atomic E-state index is 13.0. The van der Waals surface area contributed by atoms with Crippen molar-refractivity contribution in [2.24, 2.45) is 5.92 Å². The Kier molecular flexibility index (Phi) is 6.43. The van der Waals surface area contributed by atoms with Gasteiger partial charge in [0.2, 0.25) is 5.91 Å². The highest BCUT2D eigenvalue weighted by Crippen LogP contribution is 2.17. The molecule has 0 saturated carbocycles. The molecule has 2 aliphatic rings. The Labute approximate surface area is 154 Å². The Morgan fingerprint density at radius 1 is 1.23 bits per heavy atom. The number of amides is 1. The van der Waals surface area contributed by atoms with E-state index in [1.165, 1.54) is 12.3 Å². The normalized spacial score (nSPS) is 20.5. The average molecular weight is 364 g/mol. The number of halogens is 1. The van der Waals surface area contributed by atoms with Gasteiger partial charge in [-0.25, -0.2) is 9.37 Å². The van der Waals surface area contributed by atoms with E-state index in [1.807, 2.05) is 4.90 Å². The van der Waals surface area contributed by atoms with E-state index in [9.17, 15) is 9.18 Å². The van der Waals surface area contributed by atoms with Crippen molar-refractivity contribution in [3.05, 3.63) is 24.1 Å². The first-order valence-corrected chi connectivity index (χ1v) is 9.53. The molecule has 2 fully saturated rings. The number of nitrogens with zero attached hydrogens (tertiary/aromatic N) is 3. The zero-order chi connectivity index (χ0) is 18.5. The molecule has 1 atom stereocenters. The molecule has 0 aromatic carbocycles. The van der Waals surface area contributed by atoms with Gasteiger partial charge in [0.25, 0.3) is 0 Å². The van der Waals surface area contributed by atoms with Gasteiger partial charge >= 0.3 is 0 Å². The minimum absolute atomic E-state index is 0.159. The zero-order valence-electron chi connectivity index (χ0n) is 15.7. The number of hydrogen-bond acceptors (Lipinski definition) is 5. The van der Waals surface area contributed by atoms with E-state index in [2.05, 4.69) is 29.0 Å². The number of anilines is 1. The Hall–Kier alpha value is -1.73. The fourth-order valence-electron chi connectivity index (χ4n) is 3.57. The second kappa shape index (κ2) is 8.77. The summed E-state index contributed by atoms with van der Waals surface area (Å²) in [5.41, 5.74) is 0. The number of pyridine rings is 1. The predicted molar refractivity (Wildman–Crippen MR) is 98.6 cm³/mol. The van der Waals surface area contributed by atoms with Gasteiger partial charge in [-0.2, -0.15) is 0 Å². The molecule has 144 valence electrons. The standard InChI is InChI=1S/C19H29FN4O2/c1-14(2)18(22-16-5-11-26-12-6-16)19(25)24-9-7-23(8-10-24)17-4-3-15(20)13-21-17/h3-4,13-14,16,18,22H,5-12H2,1-2H3. The van der Waals surface area contributed by atoms with Crippen molar-refractivity contribution < 1.29 is 13.9 Å². The minimum atomic E-state index is -0.332. The first-order valence-electron chi connectivity index (χ1n) is 9.53. The van der Waals surface area contributed by atoms with Crippen molar-refractivity contribution in [1.82, 2.24) is 15.2 Å². The van der Waals surface area contributed by atoms with E-state index in [0.717, 1.165) is 31.9 Å². The van der Waals surface area contributed by atoms with Gasteiger partial charge in [0.15, 0.2) is 0 Å². The van der Waals surface area contributed by atoms with E-state index in [1.54, 1.807) is 6.07 Å².